The van der Waals surface area contributed by atoms with Crippen LogP contribution in [-0.4, -0.2) is 30.5 Å². The molecule has 2 aromatic rings. The number of piperidine rings is 1. The minimum atomic E-state index is 0.0147. The summed E-state index contributed by atoms with van der Waals surface area (Å²) in [5.74, 6) is 0.575. The number of fused-ring (bicyclic) bond motifs is 1. The first-order valence-corrected chi connectivity index (χ1v) is 7.53. The molecule has 2 heterocycles. The second kappa shape index (κ2) is 5.67. The monoisotopic (exact) mass is 275 g/mol. The Bertz CT molecular complexity index is 575. The van der Waals surface area contributed by atoms with Gasteiger partial charge >= 0.3 is 0 Å². The molecular weight excluding hydrogens is 258 g/mol. The minimum Gasteiger partial charge on any atom is -0.352 e. The second-order valence-electron chi connectivity index (χ2n) is 4.96. The van der Waals surface area contributed by atoms with Crippen LogP contribution in [0.1, 0.15) is 23.2 Å². The van der Waals surface area contributed by atoms with Gasteiger partial charge in [0, 0.05) is 12.1 Å². The van der Waals surface area contributed by atoms with Crippen LogP contribution in [0.15, 0.2) is 23.7 Å². The summed E-state index contributed by atoms with van der Waals surface area (Å²) in [6.07, 6.45) is 2.40. The Morgan fingerprint density at radius 3 is 3.32 bits per heavy atom. The predicted octanol–water partition coefficient (Wildman–Crippen LogP) is 2.03. The third-order valence-corrected chi connectivity index (χ3v) is 4.34. The summed E-state index contributed by atoms with van der Waals surface area (Å²) in [4.78, 5) is 16.3. The molecule has 0 radical (unpaired) electrons. The first-order chi connectivity index (χ1) is 9.33. The number of nitrogens with one attached hydrogen (secondary N) is 2. The van der Waals surface area contributed by atoms with Gasteiger partial charge in [0.2, 0.25) is 0 Å². The van der Waals surface area contributed by atoms with Crippen LogP contribution in [0.25, 0.3) is 10.2 Å². The summed E-state index contributed by atoms with van der Waals surface area (Å²) in [6, 6.07) is 5.67. The van der Waals surface area contributed by atoms with Gasteiger partial charge in [-0.2, -0.15) is 0 Å². The maximum Gasteiger partial charge on any atom is 0.251 e. The van der Waals surface area contributed by atoms with Gasteiger partial charge in [-0.1, -0.05) is 0 Å². The van der Waals surface area contributed by atoms with Crippen LogP contribution in [0, 0.1) is 5.92 Å². The van der Waals surface area contributed by atoms with Gasteiger partial charge in [0.25, 0.3) is 5.91 Å². The topological polar surface area (TPSA) is 54.0 Å². The molecule has 100 valence electrons. The van der Waals surface area contributed by atoms with Crippen LogP contribution in [0.3, 0.4) is 0 Å². The maximum absolute atomic E-state index is 12.1. The highest BCUT2D eigenvalue weighted by molar-refractivity contribution is 7.16. The van der Waals surface area contributed by atoms with Gasteiger partial charge in [0.1, 0.15) is 0 Å². The van der Waals surface area contributed by atoms with Crippen molar-refractivity contribution >= 4 is 27.5 Å². The average Bonchev–Trinajstić information content (AvgIpc) is 2.93. The van der Waals surface area contributed by atoms with E-state index < -0.39 is 0 Å². The SMILES string of the molecule is O=C(NC[C@H]1CCCNC1)c1ccc2ncsc2c1. The largest absolute Gasteiger partial charge is 0.352 e. The third kappa shape index (κ3) is 2.93. The van der Waals surface area contributed by atoms with Crippen molar-refractivity contribution in [1.29, 1.82) is 0 Å². The van der Waals surface area contributed by atoms with E-state index in [1.807, 2.05) is 18.2 Å². The molecule has 1 saturated heterocycles. The first kappa shape index (κ1) is 12.6. The van der Waals surface area contributed by atoms with Crippen molar-refractivity contribution in [2.45, 2.75) is 12.8 Å². The fourth-order valence-corrected chi connectivity index (χ4v) is 3.15. The number of rotatable bonds is 3. The van der Waals surface area contributed by atoms with Crippen molar-refractivity contribution < 1.29 is 4.79 Å². The first-order valence-electron chi connectivity index (χ1n) is 6.65. The molecule has 1 aromatic carbocycles. The van der Waals surface area contributed by atoms with Gasteiger partial charge in [0.05, 0.1) is 15.7 Å². The summed E-state index contributed by atoms with van der Waals surface area (Å²) in [6.45, 7) is 2.87. The van der Waals surface area contributed by atoms with Gasteiger partial charge in [-0.05, 0) is 50.0 Å². The average molecular weight is 275 g/mol. The Kier molecular flexibility index (Phi) is 3.75. The summed E-state index contributed by atoms with van der Waals surface area (Å²) in [7, 11) is 0. The molecule has 2 N–H and O–H groups in total. The zero-order valence-electron chi connectivity index (χ0n) is 10.7. The summed E-state index contributed by atoms with van der Waals surface area (Å²) < 4.78 is 1.06. The number of carbonyl (C=O) groups excluding carboxylic acids is 1. The standard InChI is InChI=1S/C14H17N3OS/c18-14(16-8-10-2-1-5-15-7-10)11-3-4-12-13(6-11)19-9-17-12/h3-4,6,9-10,15H,1-2,5,7-8H2,(H,16,18)/t10-/m0/s1. The molecule has 0 unspecified atom stereocenters. The third-order valence-electron chi connectivity index (χ3n) is 3.54. The van der Waals surface area contributed by atoms with E-state index >= 15 is 0 Å². The summed E-state index contributed by atoms with van der Waals surface area (Å²) in [5, 5.41) is 6.39. The molecule has 1 fully saturated rings. The van der Waals surface area contributed by atoms with E-state index in [1.165, 1.54) is 12.8 Å². The Balaban J connectivity index is 1.62. The number of thiazole rings is 1. The molecule has 0 aliphatic carbocycles. The van der Waals surface area contributed by atoms with Crippen molar-refractivity contribution in [3.8, 4) is 0 Å². The number of hydrogen-bond donors (Lipinski definition) is 2. The molecule has 1 amide bonds. The van der Waals surface area contributed by atoms with Crippen LogP contribution in [0.2, 0.25) is 0 Å². The zero-order chi connectivity index (χ0) is 13.1. The molecule has 0 bridgehead atoms. The Hall–Kier alpha value is -1.46. The van der Waals surface area contributed by atoms with Gasteiger partial charge in [-0.25, -0.2) is 4.98 Å². The van der Waals surface area contributed by atoms with Crippen molar-refractivity contribution in [2.75, 3.05) is 19.6 Å². The van der Waals surface area contributed by atoms with Crippen molar-refractivity contribution in [3.05, 3.63) is 29.3 Å². The number of carbonyl (C=O) groups is 1. The maximum atomic E-state index is 12.1. The highest BCUT2D eigenvalue weighted by Gasteiger charge is 2.14. The molecule has 1 aliphatic rings. The van der Waals surface area contributed by atoms with E-state index in [0.29, 0.717) is 5.92 Å². The van der Waals surface area contributed by atoms with Crippen molar-refractivity contribution in [2.24, 2.45) is 5.92 Å². The van der Waals surface area contributed by atoms with Gasteiger partial charge in [-0.3, -0.25) is 4.79 Å². The lowest BCUT2D eigenvalue weighted by Gasteiger charge is -2.22. The fraction of sp³-hybridized carbons (Fsp3) is 0.429. The minimum absolute atomic E-state index is 0.0147. The van der Waals surface area contributed by atoms with E-state index in [1.54, 1.807) is 16.8 Å². The van der Waals surface area contributed by atoms with Crippen LogP contribution in [-0.2, 0) is 0 Å². The Morgan fingerprint density at radius 2 is 2.47 bits per heavy atom. The molecule has 1 aromatic heterocycles. The number of benzene rings is 1. The van der Waals surface area contributed by atoms with Crippen molar-refractivity contribution in [3.63, 3.8) is 0 Å². The lowest BCUT2D eigenvalue weighted by molar-refractivity contribution is 0.0945. The fourth-order valence-electron chi connectivity index (χ4n) is 2.43. The van der Waals surface area contributed by atoms with Crippen LogP contribution in [0.5, 0.6) is 0 Å². The summed E-state index contributed by atoms with van der Waals surface area (Å²) in [5.41, 5.74) is 3.48. The Labute approximate surface area is 116 Å². The van der Waals surface area contributed by atoms with Gasteiger partial charge in [-0.15, -0.1) is 11.3 Å². The van der Waals surface area contributed by atoms with Crippen LogP contribution in [0.4, 0.5) is 0 Å². The predicted molar refractivity (Wildman–Crippen MR) is 77.5 cm³/mol. The van der Waals surface area contributed by atoms with E-state index in [-0.39, 0.29) is 5.91 Å². The molecule has 3 rings (SSSR count). The Morgan fingerprint density at radius 1 is 1.53 bits per heavy atom. The lowest BCUT2D eigenvalue weighted by atomic mass is 9.99. The molecule has 5 heteroatoms. The van der Waals surface area contributed by atoms with Crippen LogP contribution >= 0.6 is 11.3 Å². The molecule has 1 aliphatic heterocycles. The van der Waals surface area contributed by atoms with Gasteiger partial charge < -0.3 is 10.6 Å². The second-order valence-corrected chi connectivity index (χ2v) is 5.84. The lowest BCUT2D eigenvalue weighted by Crippen LogP contribution is -2.38. The number of hydrogen-bond acceptors (Lipinski definition) is 4. The smallest absolute Gasteiger partial charge is 0.251 e. The van der Waals surface area contributed by atoms with E-state index in [0.717, 1.165) is 35.4 Å². The van der Waals surface area contributed by atoms with E-state index in [2.05, 4.69) is 15.6 Å². The number of amides is 1. The highest BCUT2D eigenvalue weighted by atomic mass is 32.1. The molecule has 4 nitrogen and oxygen atoms in total. The molecule has 0 spiro atoms. The number of aromatic nitrogens is 1. The highest BCUT2D eigenvalue weighted by Crippen LogP contribution is 2.19. The van der Waals surface area contributed by atoms with Crippen LogP contribution < -0.4 is 10.6 Å². The van der Waals surface area contributed by atoms with Crippen molar-refractivity contribution in [1.82, 2.24) is 15.6 Å². The normalized spacial score (nSPS) is 19.5. The number of nitrogens with zero attached hydrogens (tertiary/aromatic N) is 1. The quantitative estimate of drug-likeness (QED) is 0.901. The molecule has 19 heavy (non-hydrogen) atoms. The molecule has 0 saturated carbocycles. The van der Waals surface area contributed by atoms with E-state index in [9.17, 15) is 4.79 Å². The molecular formula is C14H17N3OS. The molecule has 1 atom stereocenters. The van der Waals surface area contributed by atoms with Gasteiger partial charge in [0.15, 0.2) is 0 Å². The summed E-state index contributed by atoms with van der Waals surface area (Å²) >= 11 is 1.56. The van der Waals surface area contributed by atoms with E-state index in [4.69, 9.17) is 0 Å². The zero-order valence-corrected chi connectivity index (χ0v) is 11.5.